The predicted molar refractivity (Wildman–Crippen MR) is 88.7 cm³/mol. The number of hydrogen-bond acceptors (Lipinski definition) is 3. The number of amides is 1. The lowest BCUT2D eigenvalue weighted by Crippen LogP contribution is -2.13. The molecule has 0 saturated heterocycles. The minimum atomic E-state index is -0.306. The van der Waals surface area contributed by atoms with Crippen LogP contribution >= 0.6 is 23.2 Å². The molecule has 0 aliphatic carbocycles. The van der Waals surface area contributed by atoms with Gasteiger partial charge >= 0.3 is 0 Å². The topological polar surface area (TPSA) is 47.6 Å². The summed E-state index contributed by atoms with van der Waals surface area (Å²) >= 11 is 11.8. The zero-order valence-electron chi connectivity index (χ0n) is 12.4. The smallest absolute Gasteiger partial charge is 0.255 e. The Labute approximate surface area is 138 Å². The Bertz CT molecular complexity index is 697. The Morgan fingerprint density at radius 1 is 0.955 bits per heavy atom. The predicted octanol–water partition coefficient (Wildman–Crippen LogP) is 4.57. The first-order valence-electron chi connectivity index (χ1n) is 6.44. The maximum absolute atomic E-state index is 12.3. The van der Waals surface area contributed by atoms with Gasteiger partial charge < -0.3 is 14.8 Å². The number of carbonyl (C=O) groups is 1. The Balaban J connectivity index is 2.31. The molecule has 0 aliphatic heterocycles. The van der Waals surface area contributed by atoms with Gasteiger partial charge in [-0.05, 0) is 36.8 Å². The van der Waals surface area contributed by atoms with Crippen LogP contribution < -0.4 is 14.8 Å². The van der Waals surface area contributed by atoms with Crippen LogP contribution in [0.3, 0.4) is 0 Å². The molecule has 6 heteroatoms. The molecule has 1 amide bonds. The van der Waals surface area contributed by atoms with Gasteiger partial charge in [-0.25, -0.2) is 0 Å². The van der Waals surface area contributed by atoms with Gasteiger partial charge in [0.15, 0.2) is 11.5 Å². The Hall–Kier alpha value is -1.91. The quantitative estimate of drug-likeness (QED) is 0.887. The number of aryl methyl sites for hydroxylation is 1. The normalized spacial score (nSPS) is 10.2. The van der Waals surface area contributed by atoms with Crippen molar-refractivity contribution in [2.45, 2.75) is 6.92 Å². The number of carbonyl (C=O) groups excluding carboxylic acids is 1. The summed E-state index contributed by atoms with van der Waals surface area (Å²) in [6.45, 7) is 1.86. The zero-order chi connectivity index (χ0) is 16.3. The highest BCUT2D eigenvalue weighted by molar-refractivity contribution is 6.35. The molecule has 0 aliphatic rings. The molecule has 0 fully saturated rings. The monoisotopic (exact) mass is 339 g/mol. The highest BCUT2D eigenvalue weighted by Crippen LogP contribution is 2.33. The van der Waals surface area contributed by atoms with Crippen LogP contribution in [0.4, 0.5) is 5.69 Å². The second kappa shape index (κ2) is 6.90. The summed E-state index contributed by atoms with van der Waals surface area (Å²) in [5, 5.41) is 3.62. The van der Waals surface area contributed by atoms with E-state index in [-0.39, 0.29) is 5.91 Å². The van der Waals surface area contributed by atoms with Gasteiger partial charge in [0.2, 0.25) is 0 Å². The average Bonchev–Trinajstić information content (AvgIpc) is 2.47. The molecule has 1 N–H and O–H groups in total. The first-order valence-corrected chi connectivity index (χ1v) is 7.20. The summed E-state index contributed by atoms with van der Waals surface area (Å²) in [5.41, 5.74) is 1.85. The number of ether oxygens (including phenoxy) is 2. The molecule has 22 heavy (non-hydrogen) atoms. The molecule has 0 bridgehead atoms. The number of anilines is 1. The molecule has 0 spiro atoms. The van der Waals surface area contributed by atoms with Gasteiger partial charge in [-0.15, -0.1) is 0 Å². The average molecular weight is 340 g/mol. The molecule has 2 rings (SSSR count). The van der Waals surface area contributed by atoms with Crippen molar-refractivity contribution in [3.63, 3.8) is 0 Å². The molecule has 4 nitrogen and oxygen atoms in total. The van der Waals surface area contributed by atoms with Crippen LogP contribution in [-0.2, 0) is 0 Å². The summed E-state index contributed by atoms with van der Waals surface area (Å²) in [5.74, 6) is 0.830. The van der Waals surface area contributed by atoms with Crippen LogP contribution in [0, 0.1) is 6.92 Å². The van der Waals surface area contributed by atoms with Gasteiger partial charge in [-0.2, -0.15) is 0 Å². The van der Waals surface area contributed by atoms with Crippen LogP contribution in [0.1, 0.15) is 15.9 Å². The van der Waals surface area contributed by atoms with Gasteiger partial charge in [-0.3, -0.25) is 4.79 Å². The van der Waals surface area contributed by atoms with E-state index >= 15 is 0 Å². The van der Waals surface area contributed by atoms with Gasteiger partial charge in [0.1, 0.15) is 0 Å². The van der Waals surface area contributed by atoms with Crippen molar-refractivity contribution in [3.8, 4) is 11.5 Å². The van der Waals surface area contributed by atoms with E-state index in [1.807, 2.05) is 6.92 Å². The number of methoxy groups -OCH3 is 2. The fourth-order valence-electron chi connectivity index (χ4n) is 1.99. The maximum atomic E-state index is 12.3. The van der Waals surface area contributed by atoms with Crippen molar-refractivity contribution in [1.29, 1.82) is 0 Å². The molecular formula is C16H15Cl2NO3. The van der Waals surface area contributed by atoms with Crippen LogP contribution in [0.2, 0.25) is 10.0 Å². The molecule has 0 heterocycles. The van der Waals surface area contributed by atoms with Gasteiger partial charge in [0.05, 0.1) is 14.2 Å². The number of nitrogens with one attached hydrogen (secondary N) is 1. The Kier molecular flexibility index (Phi) is 5.16. The highest BCUT2D eigenvalue weighted by Gasteiger charge is 2.13. The summed E-state index contributed by atoms with van der Waals surface area (Å²) in [6, 6.07) is 8.18. The summed E-state index contributed by atoms with van der Waals surface area (Å²) in [4.78, 5) is 12.3. The van der Waals surface area contributed by atoms with E-state index in [4.69, 9.17) is 32.7 Å². The van der Waals surface area contributed by atoms with E-state index in [0.29, 0.717) is 32.8 Å². The molecule has 0 unspecified atom stereocenters. The Morgan fingerprint density at radius 2 is 1.50 bits per heavy atom. The Morgan fingerprint density at radius 3 is 2.05 bits per heavy atom. The van der Waals surface area contributed by atoms with Crippen LogP contribution in [0.25, 0.3) is 0 Å². The van der Waals surface area contributed by atoms with Crippen molar-refractivity contribution < 1.29 is 14.3 Å². The third kappa shape index (κ3) is 3.64. The number of halogens is 2. The molecule has 116 valence electrons. The fourth-order valence-corrected chi connectivity index (χ4v) is 2.52. The third-order valence-corrected chi connectivity index (χ3v) is 3.54. The lowest BCUT2D eigenvalue weighted by molar-refractivity contribution is 0.102. The van der Waals surface area contributed by atoms with Gasteiger partial charge in [0, 0.05) is 27.4 Å². The maximum Gasteiger partial charge on any atom is 0.255 e. The first-order chi connectivity index (χ1) is 10.4. The second-order valence-electron chi connectivity index (χ2n) is 4.63. The molecule has 0 atom stereocenters. The minimum absolute atomic E-state index is 0.306. The summed E-state index contributed by atoms with van der Waals surface area (Å²) in [7, 11) is 3.10. The molecule has 0 radical (unpaired) electrons. The first kappa shape index (κ1) is 16.5. The SMILES string of the molecule is COc1cc(C)c(NC(=O)c2cc(Cl)cc(Cl)c2)cc1OC. The van der Waals surface area contributed by atoms with Crippen molar-refractivity contribution >= 4 is 34.8 Å². The lowest BCUT2D eigenvalue weighted by atomic mass is 10.1. The van der Waals surface area contributed by atoms with Crippen LogP contribution in [-0.4, -0.2) is 20.1 Å². The number of hydrogen-bond donors (Lipinski definition) is 1. The summed E-state index contributed by atoms with van der Waals surface area (Å²) < 4.78 is 10.5. The molecule has 0 saturated carbocycles. The van der Waals surface area contributed by atoms with E-state index in [9.17, 15) is 4.79 Å². The van der Waals surface area contributed by atoms with E-state index in [0.717, 1.165) is 5.56 Å². The highest BCUT2D eigenvalue weighted by atomic mass is 35.5. The largest absolute Gasteiger partial charge is 0.493 e. The zero-order valence-corrected chi connectivity index (χ0v) is 13.9. The molecule has 0 aromatic heterocycles. The van der Waals surface area contributed by atoms with E-state index in [1.165, 1.54) is 7.11 Å². The molecular weight excluding hydrogens is 325 g/mol. The minimum Gasteiger partial charge on any atom is -0.493 e. The van der Waals surface area contributed by atoms with Crippen LogP contribution in [0.15, 0.2) is 30.3 Å². The second-order valence-corrected chi connectivity index (χ2v) is 5.51. The third-order valence-electron chi connectivity index (χ3n) is 3.10. The van der Waals surface area contributed by atoms with E-state index < -0.39 is 0 Å². The number of benzene rings is 2. The van der Waals surface area contributed by atoms with Crippen molar-refractivity contribution in [1.82, 2.24) is 0 Å². The van der Waals surface area contributed by atoms with E-state index in [2.05, 4.69) is 5.32 Å². The van der Waals surface area contributed by atoms with Crippen molar-refractivity contribution in [3.05, 3.63) is 51.5 Å². The van der Waals surface area contributed by atoms with Crippen LogP contribution in [0.5, 0.6) is 11.5 Å². The van der Waals surface area contributed by atoms with Gasteiger partial charge in [-0.1, -0.05) is 23.2 Å². The fraction of sp³-hybridized carbons (Fsp3) is 0.188. The van der Waals surface area contributed by atoms with Gasteiger partial charge in [0.25, 0.3) is 5.91 Å². The number of rotatable bonds is 4. The van der Waals surface area contributed by atoms with Crippen molar-refractivity contribution in [2.24, 2.45) is 0 Å². The molecule has 2 aromatic carbocycles. The standard InChI is InChI=1S/C16H15Cl2NO3/c1-9-4-14(21-2)15(22-3)8-13(9)19-16(20)10-5-11(17)7-12(18)6-10/h4-8H,1-3H3,(H,19,20). The van der Waals surface area contributed by atoms with E-state index in [1.54, 1.807) is 37.4 Å². The molecule has 2 aromatic rings. The lowest BCUT2D eigenvalue weighted by Gasteiger charge is -2.14. The summed E-state index contributed by atoms with van der Waals surface area (Å²) in [6.07, 6.45) is 0. The van der Waals surface area contributed by atoms with Crippen molar-refractivity contribution in [2.75, 3.05) is 19.5 Å².